The lowest BCUT2D eigenvalue weighted by Gasteiger charge is -2.26. The van der Waals surface area contributed by atoms with Crippen molar-refractivity contribution >= 4 is 21.9 Å². The van der Waals surface area contributed by atoms with Crippen molar-refractivity contribution in [3.8, 4) is 0 Å². The lowest BCUT2D eigenvalue weighted by Crippen LogP contribution is -2.42. The smallest absolute Gasteiger partial charge is 0.331 e. The number of fused-ring (bicyclic) bond motifs is 3. The molecule has 3 aromatic rings. The Hall–Kier alpha value is -2.41. The van der Waals surface area contributed by atoms with Crippen LogP contribution in [0.4, 0.5) is 0 Å². The molecule has 25 heavy (non-hydrogen) atoms. The maximum absolute atomic E-state index is 13.2. The predicted molar refractivity (Wildman–Crippen MR) is 96.1 cm³/mol. The zero-order chi connectivity index (χ0) is 17.4. The standard InChI is InChI=1S/C18H22N4O3/c1-25-10-9-21-17(23)14-11-20-16-13(7-8-19-16)15(14)22(18(21)24)12-5-3-2-4-6-12/h7-8,11-12H,2-6,9-10H2,1H3,(H,19,20). The Balaban J connectivity index is 2.08. The van der Waals surface area contributed by atoms with Gasteiger partial charge in [-0.25, -0.2) is 9.78 Å². The molecule has 0 aliphatic heterocycles. The van der Waals surface area contributed by atoms with Crippen LogP contribution in [0.3, 0.4) is 0 Å². The molecule has 1 fully saturated rings. The molecule has 4 rings (SSSR count). The molecule has 0 saturated heterocycles. The van der Waals surface area contributed by atoms with E-state index in [4.69, 9.17) is 4.74 Å². The summed E-state index contributed by atoms with van der Waals surface area (Å²) in [6.07, 6.45) is 8.72. The summed E-state index contributed by atoms with van der Waals surface area (Å²) in [7, 11) is 1.57. The van der Waals surface area contributed by atoms with Gasteiger partial charge in [-0.05, 0) is 18.9 Å². The fourth-order valence-corrected chi connectivity index (χ4v) is 3.93. The van der Waals surface area contributed by atoms with E-state index in [1.807, 2.05) is 10.6 Å². The SMILES string of the molecule is COCCn1c(=O)c2cnc3[nH]ccc3c2n(C2CCCCC2)c1=O. The molecule has 1 aliphatic rings. The van der Waals surface area contributed by atoms with E-state index in [9.17, 15) is 9.59 Å². The highest BCUT2D eigenvalue weighted by atomic mass is 16.5. The highest BCUT2D eigenvalue weighted by molar-refractivity contribution is 6.01. The summed E-state index contributed by atoms with van der Waals surface area (Å²) in [5.74, 6) is 0. The van der Waals surface area contributed by atoms with Crippen LogP contribution in [0.5, 0.6) is 0 Å². The molecule has 1 N–H and O–H groups in total. The number of hydrogen-bond donors (Lipinski definition) is 1. The lowest BCUT2D eigenvalue weighted by atomic mass is 9.95. The van der Waals surface area contributed by atoms with Crippen LogP contribution in [0.2, 0.25) is 0 Å². The minimum Gasteiger partial charge on any atom is -0.383 e. The van der Waals surface area contributed by atoms with Crippen molar-refractivity contribution < 1.29 is 4.74 Å². The van der Waals surface area contributed by atoms with Crippen LogP contribution in [-0.2, 0) is 11.3 Å². The quantitative estimate of drug-likeness (QED) is 0.788. The van der Waals surface area contributed by atoms with Gasteiger partial charge in [-0.1, -0.05) is 19.3 Å². The Kier molecular flexibility index (Phi) is 4.17. The fraction of sp³-hybridized carbons (Fsp3) is 0.500. The third-order valence-electron chi connectivity index (χ3n) is 5.17. The molecule has 7 nitrogen and oxygen atoms in total. The highest BCUT2D eigenvalue weighted by Gasteiger charge is 2.23. The molecule has 1 saturated carbocycles. The topological polar surface area (TPSA) is 81.9 Å². The van der Waals surface area contributed by atoms with Gasteiger partial charge in [-0.15, -0.1) is 0 Å². The minimum absolute atomic E-state index is 0.124. The zero-order valence-corrected chi connectivity index (χ0v) is 14.3. The Bertz CT molecular complexity index is 1020. The zero-order valence-electron chi connectivity index (χ0n) is 14.3. The number of aromatic nitrogens is 4. The van der Waals surface area contributed by atoms with Gasteiger partial charge in [0.1, 0.15) is 5.65 Å². The van der Waals surface area contributed by atoms with Crippen molar-refractivity contribution in [1.82, 2.24) is 19.1 Å². The van der Waals surface area contributed by atoms with Crippen LogP contribution in [-0.4, -0.2) is 32.8 Å². The third-order valence-corrected chi connectivity index (χ3v) is 5.17. The molecule has 0 aromatic carbocycles. The Morgan fingerprint density at radius 1 is 1.24 bits per heavy atom. The Labute approximate surface area is 144 Å². The first kappa shape index (κ1) is 16.1. The van der Waals surface area contributed by atoms with Crippen LogP contribution in [0, 0.1) is 0 Å². The first-order valence-corrected chi connectivity index (χ1v) is 8.82. The summed E-state index contributed by atoms with van der Waals surface area (Å²) in [4.78, 5) is 33.5. The average molecular weight is 342 g/mol. The van der Waals surface area contributed by atoms with Crippen LogP contribution >= 0.6 is 0 Å². The Morgan fingerprint density at radius 2 is 2.04 bits per heavy atom. The van der Waals surface area contributed by atoms with Crippen LogP contribution in [0.1, 0.15) is 38.1 Å². The summed E-state index contributed by atoms with van der Waals surface area (Å²) in [5, 5.41) is 1.32. The predicted octanol–water partition coefficient (Wildman–Crippen LogP) is 2.19. The second-order valence-corrected chi connectivity index (χ2v) is 6.65. The van der Waals surface area contributed by atoms with Crippen LogP contribution < -0.4 is 11.2 Å². The molecule has 0 bridgehead atoms. The van der Waals surface area contributed by atoms with E-state index in [-0.39, 0.29) is 23.8 Å². The van der Waals surface area contributed by atoms with Crippen molar-refractivity contribution in [2.24, 2.45) is 0 Å². The van der Waals surface area contributed by atoms with Gasteiger partial charge >= 0.3 is 5.69 Å². The number of nitrogens with one attached hydrogen (secondary N) is 1. The number of pyridine rings is 1. The number of methoxy groups -OCH3 is 1. The lowest BCUT2D eigenvalue weighted by molar-refractivity contribution is 0.183. The maximum atomic E-state index is 13.2. The number of nitrogens with zero attached hydrogens (tertiary/aromatic N) is 3. The third kappa shape index (κ3) is 2.59. The number of H-pyrrole nitrogens is 1. The van der Waals surface area contributed by atoms with E-state index in [1.54, 1.807) is 19.5 Å². The van der Waals surface area contributed by atoms with E-state index < -0.39 is 0 Å². The van der Waals surface area contributed by atoms with Crippen LogP contribution in [0.15, 0.2) is 28.0 Å². The fourth-order valence-electron chi connectivity index (χ4n) is 3.93. The van der Waals surface area contributed by atoms with Gasteiger partial charge in [0.05, 0.1) is 24.1 Å². The molecule has 3 heterocycles. The van der Waals surface area contributed by atoms with E-state index in [0.717, 1.165) is 31.1 Å². The molecule has 7 heteroatoms. The van der Waals surface area contributed by atoms with Gasteiger partial charge in [-0.3, -0.25) is 13.9 Å². The summed E-state index contributed by atoms with van der Waals surface area (Å²) < 4.78 is 8.21. The molecule has 0 spiro atoms. The summed E-state index contributed by atoms with van der Waals surface area (Å²) in [5.41, 5.74) is 0.877. The summed E-state index contributed by atoms with van der Waals surface area (Å²) in [6, 6.07) is 2.01. The van der Waals surface area contributed by atoms with Gasteiger partial charge in [0.2, 0.25) is 0 Å². The summed E-state index contributed by atoms with van der Waals surface area (Å²) in [6.45, 7) is 0.577. The minimum atomic E-state index is -0.292. The van der Waals surface area contributed by atoms with Crippen molar-refractivity contribution in [2.45, 2.75) is 44.7 Å². The van der Waals surface area contributed by atoms with E-state index in [1.165, 1.54) is 11.0 Å². The van der Waals surface area contributed by atoms with Gasteiger partial charge in [0.25, 0.3) is 5.56 Å². The van der Waals surface area contributed by atoms with Crippen molar-refractivity contribution in [3.63, 3.8) is 0 Å². The average Bonchev–Trinajstić information content (AvgIpc) is 3.11. The van der Waals surface area contributed by atoms with E-state index >= 15 is 0 Å². The van der Waals surface area contributed by atoms with Gasteiger partial charge in [0, 0.05) is 30.9 Å². The van der Waals surface area contributed by atoms with Gasteiger partial charge in [0.15, 0.2) is 0 Å². The number of rotatable bonds is 4. The Morgan fingerprint density at radius 3 is 2.80 bits per heavy atom. The number of aromatic amines is 1. The summed E-state index contributed by atoms with van der Waals surface area (Å²) >= 11 is 0. The molecule has 0 unspecified atom stereocenters. The molecule has 1 aliphatic carbocycles. The maximum Gasteiger partial charge on any atom is 0.331 e. The van der Waals surface area contributed by atoms with Gasteiger partial charge < -0.3 is 9.72 Å². The first-order chi connectivity index (χ1) is 12.2. The highest BCUT2D eigenvalue weighted by Crippen LogP contribution is 2.30. The number of hydrogen-bond acceptors (Lipinski definition) is 4. The van der Waals surface area contributed by atoms with Crippen molar-refractivity contribution in [1.29, 1.82) is 0 Å². The van der Waals surface area contributed by atoms with E-state index in [2.05, 4.69) is 9.97 Å². The molecular formula is C18H22N4O3. The van der Waals surface area contributed by atoms with Gasteiger partial charge in [-0.2, -0.15) is 0 Å². The monoisotopic (exact) mass is 342 g/mol. The second-order valence-electron chi connectivity index (χ2n) is 6.65. The molecule has 3 aromatic heterocycles. The van der Waals surface area contributed by atoms with E-state index in [0.29, 0.717) is 23.2 Å². The molecule has 132 valence electrons. The molecule has 0 amide bonds. The normalized spacial score (nSPS) is 16.0. The van der Waals surface area contributed by atoms with Crippen molar-refractivity contribution in [2.75, 3.05) is 13.7 Å². The van der Waals surface area contributed by atoms with Crippen LogP contribution in [0.25, 0.3) is 21.9 Å². The van der Waals surface area contributed by atoms with Crippen molar-refractivity contribution in [3.05, 3.63) is 39.3 Å². The first-order valence-electron chi connectivity index (χ1n) is 8.82. The molecule has 0 radical (unpaired) electrons. The largest absolute Gasteiger partial charge is 0.383 e. The second kappa shape index (κ2) is 6.48. The number of ether oxygens (including phenoxy) is 1. The molecular weight excluding hydrogens is 320 g/mol. The molecule has 0 atom stereocenters.